The Morgan fingerprint density at radius 1 is 1.24 bits per heavy atom. The van der Waals surface area contributed by atoms with Crippen molar-refractivity contribution in [3.8, 4) is 0 Å². The van der Waals surface area contributed by atoms with Crippen molar-refractivity contribution in [3.63, 3.8) is 0 Å². The number of urea groups is 1. The lowest BCUT2D eigenvalue weighted by molar-refractivity contribution is -0.149. The molecule has 2 amide bonds. The van der Waals surface area contributed by atoms with Gasteiger partial charge in [0.2, 0.25) is 0 Å². The normalized spacial score (nSPS) is 18.2. The molecule has 8 nitrogen and oxygen atoms in total. The number of carbonyl (C=O) groups excluding carboxylic acids is 3. The van der Waals surface area contributed by atoms with Gasteiger partial charge < -0.3 is 24.4 Å². The molecule has 1 aromatic rings. The van der Waals surface area contributed by atoms with Crippen LogP contribution in [0.15, 0.2) is 30.3 Å². The Morgan fingerprint density at radius 3 is 2.60 bits per heavy atom. The molecular weight excluding hydrogens is 328 g/mol. The lowest BCUT2D eigenvalue weighted by Gasteiger charge is -2.33. The first-order valence-corrected chi connectivity index (χ1v) is 7.91. The molecule has 0 aromatic heterocycles. The van der Waals surface area contributed by atoms with Crippen LogP contribution < -0.4 is 5.32 Å². The molecule has 1 fully saturated rings. The highest BCUT2D eigenvalue weighted by atomic mass is 16.5. The van der Waals surface area contributed by atoms with Gasteiger partial charge in [0.15, 0.2) is 0 Å². The fourth-order valence-electron chi connectivity index (χ4n) is 2.53. The molecule has 1 aliphatic heterocycles. The first kappa shape index (κ1) is 18.7. The summed E-state index contributed by atoms with van der Waals surface area (Å²) in [4.78, 5) is 37.2. The van der Waals surface area contributed by atoms with Crippen LogP contribution in [0.1, 0.15) is 18.1 Å². The standard InChI is InChI=1S/C17H22N2O6/c1-23-15(20)10-13(16(21)24-2)18-17(22)19-8-9-25-14(11-19)12-6-4-3-5-7-12/h3-7,13-14H,8-11H2,1-2H3,(H,18,22)/t13-,14+/m0/s1. The second kappa shape index (κ2) is 9.03. The van der Waals surface area contributed by atoms with E-state index in [9.17, 15) is 14.4 Å². The highest BCUT2D eigenvalue weighted by molar-refractivity contribution is 5.87. The van der Waals surface area contributed by atoms with Crippen molar-refractivity contribution < 1.29 is 28.6 Å². The number of carbonyl (C=O) groups is 3. The van der Waals surface area contributed by atoms with Crippen molar-refractivity contribution >= 4 is 18.0 Å². The molecule has 0 unspecified atom stereocenters. The molecule has 1 aromatic carbocycles. The third-order valence-corrected chi connectivity index (χ3v) is 3.91. The zero-order valence-electron chi connectivity index (χ0n) is 14.3. The maximum Gasteiger partial charge on any atom is 0.329 e. The minimum Gasteiger partial charge on any atom is -0.469 e. The maximum atomic E-state index is 12.5. The Morgan fingerprint density at radius 2 is 1.96 bits per heavy atom. The van der Waals surface area contributed by atoms with Crippen molar-refractivity contribution in [1.29, 1.82) is 0 Å². The van der Waals surface area contributed by atoms with Crippen molar-refractivity contribution in [2.75, 3.05) is 33.9 Å². The van der Waals surface area contributed by atoms with Gasteiger partial charge in [-0.25, -0.2) is 9.59 Å². The van der Waals surface area contributed by atoms with Crippen LogP contribution in [0, 0.1) is 0 Å². The van der Waals surface area contributed by atoms with E-state index in [1.807, 2.05) is 30.3 Å². The van der Waals surface area contributed by atoms with Crippen LogP contribution in [-0.2, 0) is 23.8 Å². The minimum absolute atomic E-state index is 0.238. The van der Waals surface area contributed by atoms with Crippen LogP contribution in [0.2, 0.25) is 0 Å². The molecule has 0 aliphatic carbocycles. The van der Waals surface area contributed by atoms with Crippen LogP contribution in [0.3, 0.4) is 0 Å². The second-order valence-corrected chi connectivity index (χ2v) is 5.52. The average molecular weight is 350 g/mol. The predicted molar refractivity (Wildman–Crippen MR) is 87.7 cm³/mol. The quantitative estimate of drug-likeness (QED) is 0.792. The van der Waals surface area contributed by atoms with Gasteiger partial charge in [-0.1, -0.05) is 30.3 Å². The third kappa shape index (κ3) is 5.18. The predicted octanol–water partition coefficient (Wildman–Crippen LogP) is 0.874. The summed E-state index contributed by atoms with van der Waals surface area (Å²) >= 11 is 0. The first-order valence-electron chi connectivity index (χ1n) is 7.91. The van der Waals surface area contributed by atoms with Gasteiger partial charge >= 0.3 is 18.0 Å². The summed E-state index contributed by atoms with van der Waals surface area (Å²) in [5.74, 6) is -1.31. The maximum absolute atomic E-state index is 12.5. The zero-order valence-corrected chi connectivity index (χ0v) is 14.3. The summed E-state index contributed by atoms with van der Waals surface area (Å²) in [5.41, 5.74) is 0.971. The Labute approximate surface area is 146 Å². The number of esters is 2. The highest BCUT2D eigenvalue weighted by Gasteiger charge is 2.30. The molecular formula is C17H22N2O6. The lowest BCUT2D eigenvalue weighted by atomic mass is 10.1. The Balaban J connectivity index is 2.00. The number of amides is 2. The van der Waals surface area contributed by atoms with Gasteiger partial charge in [-0.15, -0.1) is 0 Å². The van der Waals surface area contributed by atoms with Gasteiger partial charge in [-0.05, 0) is 5.56 Å². The number of rotatable bonds is 5. The summed E-state index contributed by atoms with van der Waals surface area (Å²) in [6, 6.07) is 8.03. The highest BCUT2D eigenvalue weighted by Crippen LogP contribution is 2.22. The number of benzene rings is 1. The first-order chi connectivity index (χ1) is 12.0. The van der Waals surface area contributed by atoms with Gasteiger partial charge in [0, 0.05) is 6.54 Å². The van der Waals surface area contributed by atoms with Crippen LogP contribution >= 0.6 is 0 Å². The topological polar surface area (TPSA) is 94.2 Å². The van der Waals surface area contributed by atoms with Crippen LogP contribution in [0.4, 0.5) is 4.79 Å². The number of nitrogens with zero attached hydrogens (tertiary/aromatic N) is 1. The number of hydrogen-bond acceptors (Lipinski definition) is 6. The molecule has 2 rings (SSSR count). The van der Waals surface area contributed by atoms with E-state index in [0.29, 0.717) is 19.7 Å². The molecule has 1 saturated heterocycles. The summed E-state index contributed by atoms with van der Waals surface area (Å²) in [6.45, 7) is 1.12. The van der Waals surface area contributed by atoms with Crippen molar-refractivity contribution in [1.82, 2.24) is 10.2 Å². The van der Waals surface area contributed by atoms with Gasteiger partial charge in [0.25, 0.3) is 0 Å². The Kier molecular flexibility index (Phi) is 6.76. The van der Waals surface area contributed by atoms with E-state index in [-0.39, 0.29) is 12.5 Å². The van der Waals surface area contributed by atoms with E-state index < -0.39 is 24.0 Å². The van der Waals surface area contributed by atoms with Gasteiger partial charge in [0.1, 0.15) is 12.1 Å². The largest absolute Gasteiger partial charge is 0.469 e. The molecule has 1 heterocycles. The zero-order chi connectivity index (χ0) is 18.2. The molecule has 1 N–H and O–H groups in total. The molecule has 0 bridgehead atoms. The lowest BCUT2D eigenvalue weighted by Crippen LogP contribution is -2.52. The number of morpholine rings is 1. The smallest absolute Gasteiger partial charge is 0.329 e. The monoisotopic (exact) mass is 350 g/mol. The van der Waals surface area contributed by atoms with Gasteiger partial charge in [-0.3, -0.25) is 4.79 Å². The van der Waals surface area contributed by atoms with E-state index in [1.54, 1.807) is 4.90 Å². The molecule has 0 radical (unpaired) electrons. The van der Waals surface area contributed by atoms with Crippen molar-refractivity contribution in [3.05, 3.63) is 35.9 Å². The van der Waals surface area contributed by atoms with Crippen molar-refractivity contribution in [2.45, 2.75) is 18.6 Å². The number of ether oxygens (including phenoxy) is 3. The van der Waals surface area contributed by atoms with E-state index in [2.05, 4.69) is 14.8 Å². The summed E-state index contributed by atoms with van der Waals surface area (Å²) < 4.78 is 14.9. The fraction of sp³-hybridized carbons (Fsp3) is 0.471. The van der Waals surface area contributed by atoms with E-state index in [1.165, 1.54) is 14.2 Å². The minimum atomic E-state index is -1.09. The van der Waals surface area contributed by atoms with Crippen LogP contribution in [-0.4, -0.2) is 62.8 Å². The summed E-state index contributed by atoms with van der Waals surface area (Å²) in [6.07, 6.45) is -0.528. The average Bonchev–Trinajstić information content (AvgIpc) is 2.67. The molecule has 0 spiro atoms. The molecule has 1 aliphatic rings. The number of methoxy groups -OCH3 is 2. The van der Waals surface area contributed by atoms with Gasteiger partial charge in [0.05, 0.1) is 33.8 Å². The van der Waals surface area contributed by atoms with Crippen LogP contribution in [0.25, 0.3) is 0 Å². The molecule has 0 saturated carbocycles. The van der Waals surface area contributed by atoms with E-state index in [4.69, 9.17) is 4.74 Å². The second-order valence-electron chi connectivity index (χ2n) is 5.52. The summed E-state index contributed by atoms with van der Waals surface area (Å²) in [5, 5.41) is 2.53. The SMILES string of the molecule is COC(=O)C[C@H](NC(=O)N1CCO[C@@H](c2ccccc2)C1)C(=O)OC. The third-order valence-electron chi connectivity index (χ3n) is 3.91. The van der Waals surface area contributed by atoms with E-state index in [0.717, 1.165) is 5.56 Å². The van der Waals surface area contributed by atoms with Crippen molar-refractivity contribution in [2.24, 2.45) is 0 Å². The Bertz CT molecular complexity index is 606. The molecule has 2 atom stereocenters. The molecule has 136 valence electrons. The number of hydrogen-bond donors (Lipinski definition) is 1. The van der Waals surface area contributed by atoms with Gasteiger partial charge in [-0.2, -0.15) is 0 Å². The molecule has 25 heavy (non-hydrogen) atoms. The fourth-order valence-corrected chi connectivity index (χ4v) is 2.53. The Hall–Kier alpha value is -2.61. The van der Waals surface area contributed by atoms with Crippen LogP contribution in [0.5, 0.6) is 0 Å². The van der Waals surface area contributed by atoms with E-state index >= 15 is 0 Å². The number of nitrogens with one attached hydrogen (secondary N) is 1. The summed E-state index contributed by atoms with van der Waals surface area (Å²) in [7, 11) is 2.41. The molecule has 8 heteroatoms.